The van der Waals surface area contributed by atoms with Crippen molar-refractivity contribution < 1.29 is 5.11 Å². The lowest BCUT2D eigenvalue weighted by Gasteiger charge is -2.12. The van der Waals surface area contributed by atoms with Crippen LogP contribution in [0.5, 0.6) is 5.75 Å². The molecule has 0 unspecified atom stereocenters. The van der Waals surface area contributed by atoms with Crippen molar-refractivity contribution in [2.24, 2.45) is 0 Å². The van der Waals surface area contributed by atoms with Gasteiger partial charge in [0.15, 0.2) is 0 Å². The van der Waals surface area contributed by atoms with Crippen LogP contribution in [0.1, 0.15) is 16.7 Å². The van der Waals surface area contributed by atoms with Gasteiger partial charge in [0.25, 0.3) is 0 Å². The minimum atomic E-state index is 0.292. The molecule has 0 radical (unpaired) electrons. The molecule has 19 heavy (non-hydrogen) atoms. The van der Waals surface area contributed by atoms with Crippen LogP contribution in [0.25, 0.3) is 0 Å². The topological polar surface area (TPSA) is 32.3 Å². The fraction of sp³-hybridized carbons (Fsp3) is 0.200. The molecule has 0 bridgehead atoms. The molecule has 2 rings (SSSR count). The highest BCUT2D eigenvalue weighted by Gasteiger charge is 2.06. The van der Waals surface area contributed by atoms with Crippen LogP contribution in [0.2, 0.25) is 0 Å². The lowest BCUT2D eigenvalue weighted by Crippen LogP contribution is -2.01. The summed E-state index contributed by atoms with van der Waals surface area (Å²) in [6.45, 7) is 4.73. The fourth-order valence-corrected chi connectivity index (χ4v) is 2.58. The van der Waals surface area contributed by atoms with Gasteiger partial charge in [-0.05, 0) is 59.1 Å². The van der Waals surface area contributed by atoms with Crippen LogP contribution in [0.4, 0.5) is 5.69 Å². The van der Waals surface area contributed by atoms with Gasteiger partial charge in [0.05, 0.1) is 4.47 Å². The second-order valence-corrected chi connectivity index (χ2v) is 6.17. The van der Waals surface area contributed by atoms with Gasteiger partial charge in [-0.3, -0.25) is 0 Å². The summed E-state index contributed by atoms with van der Waals surface area (Å²) in [6, 6.07) is 9.83. The van der Waals surface area contributed by atoms with Crippen molar-refractivity contribution in [1.29, 1.82) is 0 Å². The predicted octanol–water partition coefficient (Wildman–Crippen LogP) is 5.15. The number of hydrogen-bond acceptors (Lipinski definition) is 2. The first-order valence-electron chi connectivity index (χ1n) is 5.96. The van der Waals surface area contributed by atoms with Gasteiger partial charge in [0.1, 0.15) is 5.75 Å². The molecule has 0 saturated carbocycles. The van der Waals surface area contributed by atoms with E-state index in [4.69, 9.17) is 0 Å². The van der Waals surface area contributed by atoms with Gasteiger partial charge >= 0.3 is 0 Å². The number of aromatic hydroxyl groups is 1. The summed E-state index contributed by atoms with van der Waals surface area (Å²) in [5.74, 6) is 0.292. The monoisotopic (exact) mass is 383 g/mol. The summed E-state index contributed by atoms with van der Waals surface area (Å²) < 4.78 is 1.86. The number of hydrogen-bond donors (Lipinski definition) is 2. The summed E-state index contributed by atoms with van der Waals surface area (Å²) in [5.41, 5.74) is 4.31. The largest absolute Gasteiger partial charge is 0.506 e. The van der Waals surface area contributed by atoms with E-state index in [0.717, 1.165) is 20.2 Å². The van der Waals surface area contributed by atoms with Gasteiger partial charge in [-0.15, -0.1) is 0 Å². The molecule has 0 spiro atoms. The SMILES string of the molecule is Cc1cc(NCc2cccc(Br)c2O)cc(C)c1Br. The number of rotatable bonds is 3. The molecule has 2 aromatic carbocycles. The lowest BCUT2D eigenvalue weighted by atomic mass is 10.1. The number of benzene rings is 2. The number of para-hydroxylation sites is 1. The normalized spacial score (nSPS) is 10.5. The van der Waals surface area contributed by atoms with Crippen LogP contribution in [0.3, 0.4) is 0 Å². The first-order valence-corrected chi connectivity index (χ1v) is 7.54. The van der Waals surface area contributed by atoms with Crippen LogP contribution >= 0.6 is 31.9 Å². The van der Waals surface area contributed by atoms with Crippen LogP contribution in [0.15, 0.2) is 39.3 Å². The Bertz CT molecular complexity index is 588. The Morgan fingerprint density at radius 3 is 2.37 bits per heavy atom. The second-order valence-electron chi connectivity index (χ2n) is 4.53. The Balaban J connectivity index is 2.17. The maximum absolute atomic E-state index is 9.93. The number of nitrogens with one attached hydrogen (secondary N) is 1. The molecule has 2 aromatic rings. The Labute approximate surface area is 130 Å². The van der Waals surface area contributed by atoms with E-state index >= 15 is 0 Å². The zero-order valence-electron chi connectivity index (χ0n) is 10.8. The van der Waals surface area contributed by atoms with E-state index in [0.29, 0.717) is 12.3 Å². The molecular formula is C15H15Br2NO. The van der Waals surface area contributed by atoms with Crippen molar-refractivity contribution in [1.82, 2.24) is 0 Å². The van der Waals surface area contributed by atoms with Crippen molar-refractivity contribution >= 4 is 37.5 Å². The summed E-state index contributed by atoms with van der Waals surface area (Å²) in [7, 11) is 0. The van der Waals surface area contributed by atoms with Gasteiger partial charge in [-0.25, -0.2) is 0 Å². The van der Waals surface area contributed by atoms with E-state index < -0.39 is 0 Å². The first-order chi connectivity index (χ1) is 8.99. The molecular weight excluding hydrogens is 370 g/mol. The molecule has 0 saturated heterocycles. The molecule has 0 aromatic heterocycles. The van der Waals surface area contributed by atoms with Gasteiger partial charge in [-0.1, -0.05) is 28.1 Å². The predicted molar refractivity (Wildman–Crippen MR) is 86.7 cm³/mol. The summed E-state index contributed by atoms with van der Waals surface area (Å²) in [4.78, 5) is 0. The highest BCUT2D eigenvalue weighted by Crippen LogP contribution is 2.29. The van der Waals surface area contributed by atoms with E-state index in [1.807, 2.05) is 18.2 Å². The zero-order valence-corrected chi connectivity index (χ0v) is 14.0. The zero-order chi connectivity index (χ0) is 14.0. The Hall–Kier alpha value is -1.00. The molecule has 100 valence electrons. The van der Waals surface area contributed by atoms with Crippen LogP contribution in [0, 0.1) is 13.8 Å². The third-order valence-corrected chi connectivity index (χ3v) is 4.88. The summed E-state index contributed by atoms with van der Waals surface area (Å²) in [6.07, 6.45) is 0. The lowest BCUT2D eigenvalue weighted by molar-refractivity contribution is 0.465. The standard InChI is InChI=1S/C15H15Br2NO/c1-9-6-12(7-10(2)14(9)17)18-8-11-4-3-5-13(16)15(11)19/h3-7,18-19H,8H2,1-2H3. The van der Waals surface area contributed by atoms with Crippen molar-refractivity contribution in [2.75, 3.05) is 5.32 Å². The molecule has 0 heterocycles. The fourth-order valence-electron chi connectivity index (χ4n) is 1.95. The van der Waals surface area contributed by atoms with Crippen LogP contribution in [-0.4, -0.2) is 5.11 Å². The minimum absolute atomic E-state index is 0.292. The number of anilines is 1. The first kappa shape index (κ1) is 14.4. The smallest absolute Gasteiger partial charge is 0.134 e. The van der Waals surface area contributed by atoms with Gasteiger partial charge in [-0.2, -0.15) is 0 Å². The van der Waals surface area contributed by atoms with Crippen molar-refractivity contribution in [2.45, 2.75) is 20.4 Å². The average molecular weight is 385 g/mol. The van der Waals surface area contributed by atoms with Gasteiger partial charge < -0.3 is 10.4 Å². The summed E-state index contributed by atoms with van der Waals surface area (Å²) in [5, 5.41) is 13.3. The highest BCUT2D eigenvalue weighted by molar-refractivity contribution is 9.10. The Morgan fingerprint density at radius 1 is 1.11 bits per heavy atom. The van der Waals surface area contributed by atoms with Crippen LogP contribution < -0.4 is 5.32 Å². The average Bonchev–Trinajstić information content (AvgIpc) is 2.37. The maximum atomic E-state index is 9.93. The van der Waals surface area contributed by atoms with Crippen molar-refractivity contribution in [3.05, 3.63) is 56.0 Å². The second kappa shape index (κ2) is 5.97. The molecule has 0 aliphatic rings. The quantitative estimate of drug-likeness (QED) is 0.767. The minimum Gasteiger partial charge on any atom is -0.506 e. The highest BCUT2D eigenvalue weighted by atomic mass is 79.9. The van der Waals surface area contributed by atoms with Gasteiger partial charge in [0, 0.05) is 22.3 Å². The van der Waals surface area contributed by atoms with E-state index in [1.165, 1.54) is 11.1 Å². The molecule has 0 aliphatic carbocycles. The third-order valence-electron chi connectivity index (χ3n) is 2.99. The molecule has 2 nitrogen and oxygen atoms in total. The molecule has 4 heteroatoms. The maximum Gasteiger partial charge on any atom is 0.134 e. The molecule has 0 amide bonds. The number of phenolic OH excluding ortho intramolecular Hbond substituents is 1. The van der Waals surface area contributed by atoms with Gasteiger partial charge in [0.2, 0.25) is 0 Å². The van der Waals surface area contributed by atoms with Crippen molar-refractivity contribution in [3.63, 3.8) is 0 Å². The summed E-state index contributed by atoms with van der Waals surface area (Å²) >= 11 is 6.88. The van der Waals surface area contributed by atoms with E-state index in [1.54, 1.807) is 0 Å². The van der Waals surface area contributed by atoms with Crippen LogP contribution in [-0.2, 0) is 6.54 Å². The Morgan fingerprint density at radius 2 is 1.74 bits per heavy atom. The molecule has 0 aliphatic heterocycles. The molecule has 0 atom stereocenters. The number of phenols is 1. The number of halogens is 2. The van der Waals surface area contributed by atoms with E-state index in [2.05, 4.69) is 63.2 Å². The van der Waals surface area contributed by atoms with Crippen molar-refractivity contribution in [3.8, 4) is 5.75 Å². The van der Waals surface area contributed by atoms with E-state index in [-0.39, 0.29) is 0 Å². The molecule has 0 fully saturated rings. The Kier molecular flexibility index (Phi) is 4.53. The number of aryl methyl sites for hydroxylation is 2. The third kappa shape index (κ3) is 3.31. The van der Waals surface area contributed by atoms with E-state index in [9.17, 15) is 5.11 Å². The molecule has 2 N–H and O–H groups in total.